The van der Waals surface area contributed by atoms with Crippen molar-refractivity contribution in [3.63, 3.8) is 0 Å². The third-order valence-electron chi connectivity index (χ3n) is 4.32. The molecule has 0 saturated heterocycles. The number of pyridine rings is 1. The van der Waals surface area contributed by atoms with Crippen molar-refractivity contribution in [3.8, 4) is 11.3 Å². The minimum atomic E-state index is 0.108. The van der Waals surface area contributed by atoms with E-state index in [0.717, 1.165) is 47.4 Å². The zero-order chi connectivity index (χ0) is 17.1. The summed E-state index contributed by atoms with van der Waals surface area (Å²) in [6.45, 7) is 2.82. The van der Waals surface area contributed by atoms with Crippen LogP contribution in [0.25, 0.3) is 11.3 Å². The van der Waals surface area contributed by atoms with Gasteiger partial charge in [0.05, 0.1) is 30.2 Å². The molecule has 5 nitrogen and oxygen atoms in total. The Morgan fingerprint density at radius 2 is 2.04 bits per heavy atom. The van der Waals surface area contributed by atoms with E-state index >= 15 is 0 Å². The Kier molecular flexibility index (Phi) is 4.78. The Balaban J connectivity index is 1.42. The second-order valence-electron chi connectivity index (χ2n) is 6.06. The maximum absolute atomic E-state index is 5.99. The van der Waals surface area contributed by atoms with Crippen LogP contribution in [0, 0.1) is 0 Å². The molecule has 0 unspecified atom stereocenters. The fourth-order valence-corrected chi connectivity index (χ4v) is 3.15. The van der Waals surface area contributed by atoms with Crippen molar-refractivity contribution >= 4 is 11.6 Å². The summed E-state index contributed by atoms with van der Waals surface area (Å²) in [5.74, 6) is 0.964. The second-order valence-corrected chi connectivity index (χ2v) is 6.50. The monoisotopic (exact) mass is 354 g/mol. The summed E-state index contributed by atoms with van der Waals surface area (Å²) in [7, 11) is 0. The topological polar surface area (TPSA) is 52.0 Å². The van der Waals surface area contributed by atoms with Crippen molar-refractivity contribution < 1.29 is 4.74 Å². The van der Waals surface area contributed by atoms with Crippen LogP contribution in [0.1, 0.15) is 11.5 Å². The molecule has 4 rings (SSSR count). The first-order chi connectivity index (χ1) is 12.3. The number of hydrogen-bond acceptors (Lipinski definition) is 4. The fourth-order valence-electron chi connectivity index (χ4n) is 3.02. The van der Waals surface area contributed by atoms with Crippen molar-refractivity contribution in [1.82, 2.24) is 19.9 Å². The maximum atomic E-state index is 5.99. The van der Waals surface area contributed by atoms with Gasteiger partial charge < -0.3 is 14.6 Å². The molecule has 1 aliphatic rings. The minimum absolute atomic E-state index is 0.108. The van der Waals surface area contributed by atoms with Crippen LogP contribution >= 0.6 is 11.6 Å². The molecule has 0 radical (unpaired) electrons. The number of benzene rings is 1. The molecule has 0 amide bonds. The van der Waals surface area contributed by atoms with Gasteiger partial charge in [-0.2, -0.15) is 0 Å². The van der Waals surface area contributed by atoms with Crippen LogP contribution in [0.4, 0.5) is 0 Å². The lowest BCUT2D eigenvalue weighted by atomic mass is 10.1. The third kappa shape index (κ3) is 3.74. The summed E-state index contributed by atoms with van der Waals surface area (Å²) in [5.41, 5.74) is 3.25. The van der Waals surface area contributed by atoms with Crippen molar-refractivity contribution in [1.29, 1.82) is 0 Å². The van der Waals surface area contributed by atoms with Crippen LogP contribution < -0.4 is 5.32 Å². The first-order valence-electron chi connectivity index (χ1n) is 8.32. The van der Waals surface area contributed by atoms with Crippen molar-refractivity contribution in [2.24, 2.45) is 0 Å². The van der Waals surface area contributed by atoms with Gasteiger partial charge in [-0.25, -0.2) is 4.98 Å². The van der Waals surface area contributed by atoms with Gasteiger partial charge in [-0.05, 0) is 29.8 Å². The molecule has 0 bridgehead atoms. The van der Waals surface area contributed by atoms with Gasteiger partial charge in [-0.15, -0.1) is 0 Å². The number of rotatable bonds is 5. The number of fused-ring (bicyclic) bond motifs is 1. The minimum Gasteiger partial charge on any atom is -0.367 e. The van der Waals surface area contributed by atoms with Crippen molar-refractivity contribution in [2.45, 2.75) is 25.8 Å². The average Bonchev–Trinajstić information content (AvgIpc) is 3.07. The highest BCUT2D eigenvalue weighted by Gasteiger charge is 2.22. The van der Waals surface area contributed by atoms with Gasteiger partial charge in [0, 0.05) is 24.3 Å². The van der Waals surface area contributed by atoms with Gasteiger partial charge in [0.1, 0.15) is 12.4 Å². The largest absolute Gasteiger partial charge is 0.367 e. The molecule has 25 heavy (non-hydrogen) atoms. The Bertz CT molecular complexity index is 832. The second kappa shape index (κ2) is 7.35. The smallest absolute Gasteiger partial charge is 0.135 e. The van der Waals surface area contributed by atoms with Gasteiger partial charge in [0.25, 0.3) is 0 Å². The molecule has 1 atom stereocenters. The molecular weight excluding hydrogens is 336 g/mol. The summed E-state index contributed by atoms with van der Waals surface area (Å²) in [5, 5.41) is 4.16. The highest BCUT2D eigenvalue weighted by molar-refractivity contribution is 6.30. The highest BCUT2D eigenvalue weighted by atomic mass is 35.5. The van der Waals surface area contributed by atoms with Crippen LogP contribution in [0.15, 0.2) is 54.9 Å². The number of hydrogen-bond donors (Lipinski definition) is 1. The summed E-state index contributed by atoms with van der Waals surface area (Å²) >= 11 is 5.99. The van der Waals surface area contributed by atoms with Gasteiger partial charge >= 0.3 is 0 Å². The Labute approximate surface area is 151 Å². The SMILES string of the molecule is Clc1ccc(-c2cnc3n2C[C@H](CNCc2ccccn2)OC3)cc1. The number of imidazole rings is 1. The fraction of sp³-hybridized carbons (Fsp3) is 0.263. The predicted octanol–water partition coefficient (Wildman–Crippen LogP) is 3.29. The molecule has 1 N–H and O–H groups in total. The lowest BCUT2D eigenvalue weighted by Gasteiger charge is -2.26. The van der Waals surface area contributed by atoms with E-state index in [2.05, 4.69) is 19.9 Å². The molecule has 0 saturated carbocycles. The van der Waals surface area contributed by atoms with Crippen molar-refractivity contribution in [3.05, 3.63) is 71.4 Å². The number of nitrogens with one attached hydrogen (secondary N) is 1. The van der Waals surface area contributed by atoms with E-state index in [4.69, 9.17) is 16.3 Å². The average molecular weight is 355 g/mol. The molecule has 0 aliphatic carbocycles. The lowest BCUT2D eigenvalue weighted by molar-refractivity contribution is 0.00322. The van der Waals surface area contributed by atoms with Crippen LogP contribution in [0.2, 0.25) is 5.02 Å². The number of aromatic nitrogens is 3. The molecule has 1 aliphatic heterocycles. The zero-order valence-electron chi connectivity index (χ0n) is 13.7. The van der Waals surface area contributed by atoms with Crippen LogP contribution in [-0.4, -0.2) is 27.2 Å². The summed E-state index contributed by atoms with van der Waals surface area (Å²) in [4.78, 5) is 8.81. The van der Waals surface area contributed by atoms with E-state index in [9.17, 15) is 0 Å². The highest BCUT2D eigenvalue weighted by Crippen LogP contribution is 2.26. The quantitative estimate of drug-likeness (QED) is 0.764. The molecule has 0 spiro atoms. The molecule has 3 heterocycles. The summed E-state index contributed by atoms with van der Waals surface area (Å²) < 4.78 is 8.16. The van der Waals surface area contributed by atoms with Crippen LogP contribution in [0.3, 0.4) is 0 Å². The van der Waals surface area contributed by atoms with E-state index in [1.807, 2.05) is 54.9 Å². The van der Waals surface area contributed by atoms with E-state index in [-0.39, 0.29) is 6.10 Å². The molecule has 2 aromatic heterocycles. The number of ether oxygens (including phenoxy) is 1. The maximum Gasteiger partial charge on any atom is 0.135 e. The Hall–Kier alpha value is -2.21. The Morgan fingerprint density at radius 3 is 2.84 bits per heavy atom. The molecule has 3 aromatic rings. The molecular formula is C19H19ClN4O. The van der Waals surface area contributed by atoms with E-state index in [1.165, 1.54) is 0 Å². The Morgan fingerprint density at radius 1 is 1.16 bits per heavy atom. The summed E-state index contributed by atoms with van der Waals surface area (Å²) in [6, 6.07) is 13.8. The normalized spacial score (nSPS) is 16.6. The van der Waals surface area contributed by atoms with Gasteiger partial charge in [0.15, 0.2) is 0 Å². The van der Waals surface area contributed by atoms with Crippen molar-refractivity contribution in [2.75, 3.05) is 6.54 Å². The van der Waals surface area contributed by atoms with E-state index < -0.39 is 0 Å². The number of nitrogens with zero attached hydrogens (tertiary/aromatic N) is 3. The van der Waals surface area contributed by atoms with Gasteiger partial charge in [-0.3, -0.25) is 4.98 Å². The van der Waals surface area contributed by atoms with E-state index in [0.29, 0.717) is 6.61 Å². The summed E-state index contributed by atoms with van der Waals surface area (Å²) in [6.07, 6.45) is 3.83. The standard InChI is InChI=1S/C19H19ClN4O/c20-15-6-4-14(5-7-15)18-11-23-19-13-25-17(12-24(18)19)10-21-9-16-3-1-2-8-22-16/h1-8,11,17,21H,9-10,12-13H2/t17-/m0/s1. The van der Waals surface area contributed by atoms with Crippen LogP contribution in [0.5, 0.6) is 0 Å². The van der Waals surface area contributed by atoms with Gasteiger partial charge in [-0.1, -0.05) is 29.8 Å². The van der Waals surface area contributed by atoms with Gasteiger partial charge in [0.2, 0.25) is 0 Å². The predicted molar refractivity (Wildman–Crippen MR) is 97.2 cm³/mol. The molecule has 128 valence electrons. The molecule has 1 aromatic carbocycles. The molecule has 6 heteroatoms. The lowest BCUT2D eigenvalue weighted by Crippen LogP contribution is -2.36. The van der Waals surface area contributed by atoms with E-state index in [1.54, 1.807) is 0 Å². The van der Waals surface area contributed by atoms with Crippen LogP contribution in [-0.2, 0) is 24.4 Å². The third-order valence-corrected chi connectivity index (χ3v) is 4.57. The first-order valence-corrected chi connectivity index (χ1v) is 8.70. The zero-order valence-corrected chi connectivity index (χ0v) is 14.5. The first kappa shape index (κ1) is 16.3. The number of halogens is 1. The molecule has 0 fully saturated rings.